The minimum absolute atomic E-state index is 0.320. The lowest BCUT2D eigenvalue weighted by Gasteiger charge is -2.13. The molecule has 1 heterocycles. The summed E-state index contributed by atoms with van der Waals surface area (Å²) in [5.74, 6) is -0.0577. The molecule has 18 heavy (non-hydrogen) atoms. The van der Waals surface area contributed by atoms with E-state index in [2.05, 4.69) is 15.3 Å². The van der Waals surface area contributed by atoms with Crippen molar-refractivity contribution in [2.24, 2.45) is 0 Å². The molecule has 0 unspecified atom stereocenters. The van der Waals surface area contributed by atoms with E-state index in [1.165, 1.54) is 0 Å². The molecule has 1 aliphatic carbocycles. The molecule has 1 aromatic rings. The van der Waals surface area contributed by atoms with Gasteiger partial charge in [-0.2, -0.15) is 4.98 Å². The number of aryl methyl sites for hydroxylation is 1. The van der Waals surface area contributed by atoms with Gasteiger partial charge in [-0.25, -0.2) is 9.78 Å². The highest BCUT2D eigenvalue weighted by molar-refractivity contribution is 5.85. The molecule has 6 nitrogen and oxygen atoms in total. The number of carboxylic acid groups (broad SMARTS) is 1. The number of anilines is 1. The van der Waals surface area contributed by atoms with Crippen molar-refractivity contribution in [3.05, 3.63) is 11.8 Å². The number of rotatable bonds is 6. The number of carboxylic acids is 1. The molecule has 0 amide bonds. The van der Waals surface area contributed by atoms with Gasteiger partial charge in [-0.15, -0.1) is 0 Å². The van der Waals surface area contributed by atoms with Crippen LogP contribution in [0.3, 0.4) is 0 Å². The molecule has 0 aliphatic heterocycles. The smallest absolute Gasteiger partial charge is 0.329 e. The van der Waals surface area contributed by atoms with Crippen LogP contribution in [-0.2, 0) is 4.79 Å². The van der Waals surface area contributed by atoms with Crippen molar-refractivity contribution in [1.29, 1.82) is 0 Å². The first kappa shape index (κ1) is 12.6. The lowest BCUT2D eigenvalue weighted by molar-refractivity contribution is -0.138. The summed E-state index contributed by atoms with van der Waals surface area (Å²) in [5.41, 5.74) is -0.129. The van der Waals surface area contributed by atoms with Crippen molar-refractivity contribution in [1.82, 2.24) is 9.97 Å². The molecule has 1 saturated carbocycles. The van der Waals surface area contributed by atoms with Crippen LogP contribution in [0, 0.1) is 6.92 Å². The number of aliphatic carboxylic acids is 1. The fourth-order valence-corrected chi connectivity index (χ4v) is 1.61. The maximum Gasteiger partial charge on any atom is 0.329 e. The summed E-state index contributed by atoms with van der Waals surface area (Å²) in [4.78, 5) is 19.4. The van der Waals surface area contributed by atoms with Gasteiger partial charge in [0.15, 0.2) is 0 Å². The Bertz CT molecular complexity index is 458. The van der Waals surface area contributed by atoms with E-state index in [4.69, 9.17) is 9.84 Å². The highest BCUT2D eigenvalue weighted by Gasteiger charge is 2.51. The minimum Gasteiger partial charge on any atom is -0.480 e. The monoisotopic (exact) mass is 251 g/mol. The van der Waals surface area contributed by atoms with Crippen LogP contribution in [0.2, 0.25) is 0 Å². The summed E-state index contributed by atoms with van der Waals surface area (Å²) in [6.45, 7) is 4.42. The molecule has 1 aromatic heterocycles. The molecule has 1 fully saturated rings. The molecule has 2 rings (SSSR count). The maximum absolute atomic E-state index is 11.1. The van der Waals surface area contributed by atoms with Crippen LogP contribution >= 0.6 is 0 Å². The fourth-order valence-electron chi connectivity index (χ4n) is 1.61. The topological polar surface area (TPSA) is 84.3 Å². The predicted octanol–water partition coefficient (Wildman–Crippen LogP) is 1.60. The van der Waals surface area contributed by atoms with Gasteiger partial charge in [0.2, 0.25) is 11.8 Å². The second-order valence-corrected chi connectivity index (χ2v) is 4.53. The molecule has 1 aliphatic rings. The van der Waals surface area contributed by atoms with Crippen molar-refractivity contribution in [2.75, 3.05) is 11.9 Å². The van der Waals surface area contributed by atoms with Crippen molar-refractivity contribution >= 4 is 11.9 Å². The van der Waals surface area contributed by atoms with E-state index in [9.17, 15) is 4.79 Å². The second-order valence-electron chi connectivity index (χ2n) is 4.53. The number of carbonyl (C=O) groups is 1. The van der Waals surface area contributed by atoms with E-state index in [0.717, 1.165) is 12.1 Å². The van der Waals surface area contributed by atoms with E-state index in [-0.39, 0.29) is 0 Å². The minimum atomic E-state index is -0.879. The number of hydrogen-bond donors (Lipinski definition) is 2. The quantitative estimate of drug-likeness (QED) is 0.799. The molecule has 0 saturated heterocycles. The number of aromatic nitrogens is 2. The van der Waals surface area contributed by atoms with E-state index >= 15 is 0 Å². The van der Waals surface area contributed by atoms with Gasteiger partial charge >= 0.3 is 5.97 Å². The number of nitrogens with one attached hydrogen (secondary N) is 1. The Balaban J connectivity index is 2.13. The summed E-state index contributed by atoms with van der Waals surface area (Å²) in [7, 11) is 0. The van der Waals surface area contributed by atoms with Gasteiger partial charge in [0.05, 0.1) is 6.61 Å². The standard InChI is InChI=1S/C12H17N3O3/c1-3-6-18-9-7-8(2)13-11(14-9)15-12(4-5-12)10(16)17/h7H,3-6H2,1-2H3,(H,16,17)(H,13,14,15). The van der Waals surface area contributed by atoms with Gasteiger partial charge in [-0.1, -0.05) is 6.92 Å². The Kier molecular flexibility index (Phi) is 3.36. The molecule has 0 radical (unpaired) electrons. The predicted molar refractivity (Wildman–Crippen MR) is 65.8 cm³/mol. The first-order valence-corrected chi connectivity index (χ1v) is 6.06. The summed E-state index contributed by atoms with van der Waals surface area (Å²) in [6, 6.07) is 1.74. The zero-order valence-electron chi connectivity index (χ0n) is 10.6. The van der Waals surface area contributed by atoms with Crippen molar-refractivity contribution < 1.29 is 14.6 Å². The van der Waals surface area contributed by atoms with Crippen molar-refractivity contribution in [3.8, 4) is 5.88 Å². The summed E-state index contributed by atoms with van der Waals surface area (Å²) < 4.78 is 5.43. The highest BCUT2D eigenvalue weighted by Crippen LogP contribution is 2.38. The Labute approximate surface area is 105 Å². The molecule has 0 aromatic carbocycles. The molecule has 2 N–H and O–H groups in total. The Morgan fingerprint density at radius 2 is 2.28 bits per heavy atom. The zero-order valence-corrected chi connectivity index (χ0v) is 10.6. The SMILES string of the molecule is CCCOc1cc(C)nc(NC2(C(=O)O)CC2)n1. The molecule has 0 bridgehead atoms. The van der Waals surface area contributed by atoms with Crippen LogP contribution in [0.15, 0.2) is 6.07 Å². The van der Waals surface area contributed by atoms with Crippen LogP contribution < -0.4 is 10.1 Å². The van der Waals surface area contributed by atoms with E-state index in [1.807, 2.05) is 13.8 Å². The van der Waals surface area contributed by atoms with Crippen molar-refractivity contribution in [3.63, 3.8) is 0 Å². The van der Waals surface area contributed by atoms with Crippen LogP contribution in [0.25, 0.3) is 0 Å². The zero-order chi connectivity index (χ0) is 13.2. The maximum atomic E-state index is 11.1. The summed E-state index contributed by atoms with van der Waals surface area (Å²) >= 11 is 0. The molecule has 98 valence electrons. The molecule has 6 heteroatoms. The lowest BCUT2D eigenvalue weighted by atomic mass is 10.3. The third-order valence-corrected chi connectivity index (χ3v) is 2.80. The van der Waals surface area contributed by atoms with Gasteiger partial charge in [-0.3, -0.25) is 0 Å². The Morgan fingerprint density at radius 1 is 1.56 bits per heavy atom. The van der Waals surface area contributed by atoms with Crippen molar-refractivity contribution in [2.45, 2.75) is 38.6 Å². The third kappa shape index (κ3) is 2.69. The fraction of sp³-hybridized carbons (Fsp3) is 0.583. The Hall–Kier alpha value is -1.85. The van der Waals surface area contributed by atoms with Gasteiger partial charge in [0, 0.05) is 11.8 Å². The van der Waals surface area contributed by atoms with Gasteiger partial charge in [-0.05, 0) is 26.2 Å². The average Bonchev–Trinajstić information content (AvgIpc) is 3.06. The molecular weight excluding hydrogens is 234 g/mol. The first-order chi connectivity index (χ1) is 8.55. The van der Waals surface area contributed by atoms with Gasteiger partial charge in [0.25, 0.3) is 0 Å². The van der Waals surface area contributed by atoms with Gasteiger partial charge in [0.1, 0.15) is 5.54 Å². The van der Waals surface area contributed by atoms with Crippen LogP contribution in [0.1, 0.15) is 31.9 Å². The number of hydrogen-bond acceptors (Lipinski definition) is 5. The molecule has 0 atom stereocenters. The van der Waals surface area contributed by atoms with Gasteiger partial charge < -0.3 is 15.2 Å². The normalized spacial score (nSPS) is 16.1. The Morgan fingerprint density at radius 3 is 2.83 bits per heavy atom. The summed E-state index contributed by atoms with van der Waals surface area (Å²) in [5, 5.41) is 12.0. The number of ether oxygens (including phenoxy) is 1. The van der Waals surface area contributed by atoms with E-state index in [1.54, 1.807) is 6.07 Å². The first-order valence-electron chi connectivity index (χ1n) is 6.06. The molecular formula is C12H17N3O3. The average molecular weight is 251 g/mol. The third-order valence-electron chi connectivity index (χ3n) is 2.80. The largest absolute Gasteiger partial charge is 0.480 e. The second kappa shape index (κ2) is 4.80. The number of nitrogens with zero attached hydrogens (tertiary/aromatic N) is 2. The van der Waals surface area contributed by atoms with E-state index in [0.29, 0.717) is 31.3 Å². The van der Waals surface area contributed by atoms with Crippen LogP contribution in [-0.4, -0.2) is 33.2 Å². The summed E-state index contributed by atoms with van der Waals surface area (Å²) in [6.07, 6.45) is 2.10. The highest BCUT2D eigenvalue weighted by atomic mass is 16.5. The van der Waals surface area contributed by atoms with Crippen LogP contribution in [0.5, 0.6) is 5.88 Å². The lowest BCUT2D eigenvalue weighted by Crippen LogP contribution is -2.32. The molecule has 0 spiro atoms. The van der Waals surface area contributed by atoms with E-state index < -0.39 is 11.5 Å². The van der Waals surface area contributed by atoms with Crippen LogP contribution in [0.4, 0.5) is 5.95 Å².